The Balaban J connectivity index is 1.82. The van der Waals surface area contributed by atoms with Crippen molar-refractivity contribution < 1.29 is 4.79 Å². The molecule has 0 saturated heterocycles. The van der Waals surface area contributed by atoms with Crippen molar-refractivity contribution in [1.29, 1.82) is 0 Å². The van der Waals surface area contributed by atoms with Gasteiger partial charge in [0.25, 0.3) is 0 Å². The minimum absolute atomic E-state index is 0.252. The van der Waals surface area contributed by atoms with Gasteiger partial charge < -0.3 is 0 Å². The summed E-state index contributed by atoms with van der Waals surface area (Å²) in [4.78, 5) is 15.1. The van der Waals surface area contributed by atoms with E-state index in [0.29, 0.717) is 5.78 Å². The van der Waals surface area contributed by atoms with Crippen molar-refractivity contribution in [2.75, 3.05) is 14.1 Å². The van der Waals surface area contributed by atoms with Gasteiger partial charge in [0.05, 0.1) is 5.54 Å². The van der Waals surface area contributed by atoms with E-state index in [0.717, 1.165) is 24.3 Å². The van der Waals surface area contributed by atoms with Gasteiger partial charge in [0.1, 0.15) is 0 Å². The molecular formula is C18H25NO. The number of carbonyl (C=O) groups is 1. The number of nitrogens with zero attached hydrogens (tertiary/aromatic N) is 1. The summed E-state index contributed by atoms with van der Waals surface area (Å²) in [5.74, 6) is 1.06. The summed E-state index contributed by atoms with van der Waals surface area (Å²) in [6, 6.07) is 8.46. The Bertz CT molecular complexity index is 479. The Morgan fingerprint density at radius 3 is 2.10 bits per heavy atom. The first-order valence-electron chi connectivity index (χ1n) is 7.96. The predicted octanol–water partition coefficient (Wildman–Crippen LogP) is 4.01. The Morgan fingerprint density at radius 1 is 1.05 bits per heavy atom. The Hall–Kier alpha value is -1.15. The van der Waals surface area contributed by atoms with Gasteiger partial charge in [-0.05, 0) is 51.3 Å². The molecule has 2 nitrogen and oxygen atoms in total. The zero-order valence-corrected chi connectivity index (χ0v) is 12.7. The molecule has 3 rings (SSSR count). The average molecular weight is 271 g/mol. The Morgan fingerprint density at radius 2 is 1.65 bits per heavy atom. The zero-order chi connectivity index (χ0) is 14.2. The Kier molecular flexibility index (Phi) is 3.68. The van der Waals surface area contributed by atoms with Gasteiger partial charge in [-0.25, -0.2) is 0 Å². The van der Waals surface area contributed by atoms with Crippen LogP contribution in [0.5, 0.6) is 0 Å². The third-order valence-electron chi connectivity index (χ3n) is 5.46. The molecule has 0 spiro atoms. The van der Waals surface area contributed by atoms with E-state index >= 15 is 0 Å². The largest absolute Gasteiger partial charge is 0.297 e. The molecule has 2 aliphatic rings. The zero-order valence-electron chi connectivity index (χ0n) is 12.7. The fourth-order valence-corrected chi connectivity index (χ4v) is 3.75. The van der Waals surface area contributed by atoms with Gasteiger partial charge in [-0.2, -0.15) is 0 Å². The van der Waals surface area contributed by atoms with Crippen LogP contribution < -0.4 is 0 Å². The van der Waals surface area contributed by atoms with Crippen molar-refractivity contribution >= 4 is 5.78 Å². The van der Waals surface area contributed by atoms with Crippen LogP contribution in [-0.4, -0.2) is 30.3 Å². The molecule has 108 valence electrons. The van der Waals surface area contributed by atoms with E-state index in [1.165, 1.54) is 37.7 Å². The van der Waals surface area contributed by atoms with Gasteiger partial charge >= 0.3 is 0 Å². The van der Waals surface area contributed by atoms with E-state index in [1.54, 1.807) is 0 Å². The number of carbonyl (C=O) groups excluding carboxylic acids is 1. The van der Waals surface area contributed by atoms with Crippen molar-refractivity contribution in [2.24, 2.45) is 0 Å². The molecule has 0 N–H and O–H groups in total. The highest BCUT2D eigenvalue weighted by Crippen LogP contribution is 2.38. The normalized spacial score (nSPS) is 21.9. The molecule has 0 aromatic heterocycles. The molecule has 2 heteroatoms. The van der Waals surface area contributed by atoms with E-state index in [2.05, 4.69) is 29.2 Å². The SMILES string of the molecule is CN(C)C1(C(=O)c2ccc(C3CCC3)cc2)CCCC1. The molecule has 0 unspecified atom stereocenters. The fraction of sp³-hybridized carbons (Fsp3) is 0.611. The number of hydrogen-bond acceptors (Lipinski definition) is 2. The third kappa shape index (κ3) is 2.20. The predicted molar refractivity (Wildman–Crippen MR) is 82.3 cm³/mol. The molecule has 20 heavy (non-hydrogen) atoms. The summed E-state index contributed by atoms with van der Waals surface area (Å²) in [6.45, 7) is 0. The van der Waals surface area contributed by atoms with Crippen molar-refractivity contribution in [3.63, 3.8) is 0 Å². The van der Waals surface area contributed by atoms with Crippen LogP contribution in [0.3, 0.4) is 0 Å². The van der Waals surface area contributed by atoms with Crippen molar-refractivity contribution in [1.82, 2.24) is 4.90 Å². The van der Waals surface area contributed by atoms with Gasteiger partial charge in [-0.3, -0.25) is 9.69 Å². The standard InChI is InChI=1S/C18H25NO/c1-19(2)18(12-3-4-13-18)17(20)16-10-8-15(9-11-16)14-6-5-7-14/h8-11,14H,3-7,12-13H2,1-2H3. The van der Waals surface area contributed by atoms with Crippen LogP contribution in [0.15, 0.2) is 24.3 Å². The molecule has 0 heterocycles. The third-order valence-corrected chi connectivity index (χ3v) is 5.46. The van der Waals surface area contributed by atoms with Gasteiger partial charge in [0.2, 0.25) is 0 Å². The number of Topliss-reactive ketones (excluding diaryl/α,β-unsaturated/α-hetero) is 1. The van der Waals surface area contributed by atoms with E-state index in [1.807, 2.05) is 14.1 Å². The highest BCUT2D eigenvalue weighted by molar-refractivity contribution is 6.03. The van der Waals surface area contributed by atoms with Gasteiger partial charge in [0, 0.05) is 5.56 Å². The monoisotopic (exact) mass is 271 g/mol. The number of rotatable bonds is 4. The molecule has 2 fully saturated rings. The number of ketones is 1. The summed E-state index contributed by atoms with van der Waals surface area (Å²) in [7, 11) is 4.10. The van der Waals surface area contributed by atoms with Crippen LogP contribution in [0.1, 0.15) is 66.8 Å². The summed E-state index contributed by atoms with van der Waals surface area (Å²) in [6.07, 6.45) is 8.33. The number of benzene rings is 1. The maximum absolute atomic E-state index is 12.9. The van der Waals surface area contributed by atoms with Crippen molar-refractivity contribution in [2.45, 2.75) is 56.4 Å². The van der Waals surface area contributed by atoms with Crippen LogP contribution in [0, 0.1) is 0 Å². The van der Waals surface area contributed by atoms with Crippen molar-refractivity contribution in [3.8, 4) is 0 Å². The van der Waals surface area contributed by atoms with Crippen LogP contribution in [0.4, 0.5) is 0 Å². The summed E-state index contributed by atoms with van der Waals surface area (Å²) >= 11 is 0. The number of likely N-dealkylation sites (N-methyl/N-ethyl adjacent to an activating group) is 1. The first-order valence-corrected chi connectivity index (χ1v) is 7.96. The quantitative estimate of drug-likeness (QED) is 0.771. The molecule has 2 aliphatic carbocycles. The Labute approximate surface area is 122 Å². The van der Waals surface area contributed by atoms with Gasteiger partial charge in [-0.15, -0.1) is 0 Å². The molecule has 1 aromatic carbocycles. The summed E-state index contributed by atoms with van der Waals surface area (Å²) in [5.41, 5.74) is 2.06. The van der Waals surface area contributed by atoms with Crippen LogP contribution >= 0.6 is 0 Å². The minimum Gasteiger partial charge on any atom is -0.297 e. The second-order valence-electron chi connectivity index (χ2n) is 6.71. The van der Waals surface area contributed by atoms with E-state index in [-0.39, 0.29) is 5.54 Å². The molecule has 0 radical (unpaired) electrons. The lowest BCUT2D eigenvalue weighted by Gasteiger charge is -2.35. The summed E-state index contributed by atoms with van der Waals surface area (Å²) in [5, 5.41) is 0. The molecule has 0 aliphatic heterocycles. The molecule has 1 aromatic rings. The highest BCUT2D eigenvalue weighted by atomic mass is 16.1. The molecule has 0 bridgehead atoms. The van der Waals surface area contributed by atoms with Crippen LogP contribution in [-0.2, 0) is 0 Å². The van der Waals surface area contributed by atoms with E-state index in [4.69, 9.17) is 0 Å². The van der Waals surface area contributed by atoms with Crippen LogP contribution in [0.25, 0.3) is 0 Å². The first-order chi connectivity index (χ1) is 9.63. The highest BCUT2D eigenvalue weighted by Gasteiger charge is 2.43. The van der Waals surface area contributed by atoms with E-state index in [9.17, 15) is 4.79 Å². The lowest BCUT2D eigenvalue weighted by atomic mass is 9.79. The van der Waals surface area contributed by atoms with Crippen molar-refractivity contribution in [3.05, 3.63) is 35.4 Å². The minimum atomic E-state index is -0.252. The lowest BCUT2D eigenvalue weighted by molar-refractivity contribution is 0.0693. The molecular weight excluding hydrogens is 246 g/mol. The molecule has 0 atom stereocenters. The van der Waals surface area contributed by atoms with Gasteiger partial charge in [-0.1, -0.05) is 43.5 Å². The van der Waals surface area contributed by atoms with Crippen LogP contribution in [0.2, 0.25) is 0 Å². The maximum atomic E-state index is 12.9. The topological polar surface area (TPSA) is 20.3 Å². The average Bonchev–Trinajstić information content (AvgIpc) is 2.87. The molecule has 0 amide bonds. The van der Waals surface area contributed by atoms with E-state index < -0.39 is 0 Å². The fourth-order valence-electron chi connectivity index (χ4n) is 3.75. The number of hydrogen-bond donors (Lipinski definition) is 0. The summed E-state index contributed by atoms with van der Waals surface area (Å²) < 4.78 is 0. The smallest absolute Gasteiger partial charge is 0.183 e. The lowest BCUT2D eigenvalue weighted by Crippen LogP contribution is -2.48. The van der Waals surface area contributed by atoms with Gasteiger partial charge in [0.15, 0.2) is 5.78 Å². The second kappa shape index (κ2) is 5.33. The second-order valence-corrected chi connectivity index (χ2v) is 6.71. The molecule has 2 saturated carbocycles. The first kappa shape index (κ1) is 13.8. The maximum Gasteiger partial charge on any atom is 0.183 e.